The molecule has 0 fully saturated rings. The van der Waals surface area contributed by atoms with Crippen LogP contribution in [0.2, 0.25) is 0 Å². The van der Waals surface area contributed by atoms with Crippen molar-refractivity contribution in [3.8, 4) is 0 Å². The van der Waals surface area contributed by atoms with Gasteiger partial charge in [0.15, 0.2) is 0 Å². The smallest absolute Gasteiger partial charge is 0.253 e. The number of carbonyl (C=O) groups excluding carboxylic acids is 1. The van der Waals surface area contributed by atoms with E-state index < -0.39 is 0 Å². The van der Waals surface area contributed by atoms with E-state index in [2.05, 4.69) is 15.7 Å². The highest BCUT2D eigenvalue weighted by Gasteiger charge is 2.14. The molecular weight excluding hydrogens is 264 g/mol. The Hall–Kier alpha value is -2.30. The first-order valence-electron chi connectivity index (χ1n) is 7.23. The lowest BCUT2D eigenvalue weighted by atomic mass is 10.1. The molecule has 0 saturated carbocycles. The van der Waals surface area contributed by atoms with E-state index >= 15 is 0 Å². The van der Waals surface area contributed by atoms with Gasteiger partial charge in [-0.25, -0.2) is 0 Å². The molecule has 0 aliphatic heterocycles. The van der Waals surface area contributed by atoms with Crippen molar-refractivity contribution >= 4 is 11.6 Å². The zero-order valence-corrected chi connectivity index (χ0v) is 12.8. The Morgan fingerprint density at radius 3 is 2.90 bits per heavy atom. The van der Waals surface area contributed by atoms with Crippen molar-refractivity contribution in [2.24, 2.45) is 0 Å². The van der Waals surface area contributed by atoms with Crippen molar-refractivity contribution in [1.29, 1.82) is 0 Å². The van der Waals surface area contributed by atoms with E-state index in [1.807, 2.05) is 55.9 Å². The minimum absolute atomic E-state index is 0.00684. The number of aryl methyl sites for hydroxylation is 1. The number of hydrogen-bond acceptors (Lipinski definition) is 3. The first-order chi connectivity index (χ1) is 10.1. The third-order valence-electron chi connectivity index (χ3n) is 3.18. The number of rotatable bonds is 6. The number of aromatic nitrogens is 2. The normalized spacial score (nSPS) is 12.0. The number of nitrogens with zero attached hydrogens (tertiary/aromatic N) is 2. The summed E-state index contributed by atoms with van der Waals surface area (Å²) in [4.78, 5) is 12.5. The van der Waals surface area contributed by atoms with Crippen LogP contribution >= 0.6 is 0 Å². The maximum Gasteiger partial charge on any atom is 0.253 e. The summed E-state index contributed by atoms with van der Waals surface area (Å²) in [7, 11) is 0. The first-order valence-corrected chi connectivity index (χ1v) is 7.23. The first kappa shape index (κ1) is 15.1. The molecule has 2 aromatic rings. The molecule has 0 aliphatic carbocycles. The van der Waals surface area contributed by atoms with Gasteiger partial charge in [-0.1, -0.05) is 11.6 Å². The zero-order valence-electron chi connectivity index (χ0n) is 12.8. The number of amides is 1. The van der Waals surface area contributed by atoms with E-state index in [4.69, 9.17) is 0 Å². The quantitative estimate of drug-likeness (QED) is 0.857. The van der Waals surface area contributed by atoms with Gasteiger partial charge >= 0.3 is 0 Å². The molecule has 1 heterocycles. The maximum absolute atomic E-state index is 12.5. The van der Waals surface area contributed by atoms with E-state index in [1.54, 1.807) is 6.20 Å². The Labute approximate surface area is 125 Å². The van der Waals surface area contributed by atoms with Gasteiger partial charge in [0.05, 0.1) is 12.1 Å². The summed E-state index contributed by atoms with van der Waals surface area (Å²) in [6.45, 7) is 7.41. The molecule has 21 heavy (non-hydrogen) atoms. The molecule has 1 atom stereocenters. The number of anilines is 1. The van der Waals surface area contributed by atoms with E-state index in [0.717, 1.165) is 17.8 Å². The van der Waals surface area contributed by atoms with Gasteiger partial charge < -0.3 is 10.6 Å². The molecule has 1 unspecified atom stereocenters. The monoisotopic (exact) mass is 286 g/mol. The summed E-state index contributed by atoms with van der Waals surface area (Å²) in [5.74, 6) is -0.0608. The molecule has 0 spiro atoms. The minimum atomic E-state index is -0.0608. The zero-order chi connectivity index (χ0) is 15.2. The number of benzene rings is 1. The molecule has 5 heteroatoms. The SMILES string of the molecule is CCNc1ccc(C)cc1C(=O)NC(C)Cn1cccn1. The second-order valence-electron chi connectivity index (χ2n) is 5.18. The molecule has 0 bridgehead atoms. The third kappa shape index (κ3) is 4.08. The van der Waals surface area contributed by atoms with Gasteiger partial charge in [-0.15, -0.1) is 0 Å². The van der Waals surface area contributed by atoms with Crippen LogP contribution in [-0.4, -0.2) is 28.3 Å². The fourth-order valence-electron chi connectivity index (χ4n) is 2.23. The Bertz CT molecular complexity index is 592. The van der Waals surface area contributed by atoms with Crippen molar-refractivity contribution in [2.45, 2.75) is 33.4 Å². The molecule has 5 nitrogen and oxygen atoms in total. The Morgan fingerprint density at radius 2 is 2.24 bits per heavy atom. The van der Waals surface area contributed by atoms with Crippen LogP contribution in [0.3, 0.4) is 0 Å². The van der Waals surface area contributed by atoms with Gasteiger partial charge in [0.2, 0.25) is 0 Å². The predicted octanol–water partition coefficient (Wildman–Crippen LogP) is 2.44. The van der Waals surface area contributed by atoms with E-state index in [9.17, 15) is 4.79 Å². The van der Waals surface area contributed by atoms with Crippen molar-refractivity contribution in [2.75, 3.05) is 11.9 Å². The standard InChI is InChI=1S/C16H22N4O/c1-4-17-15-7-6-12(2)10-14(15)16(21)19-13(3)11-20-9-5-8-18-20/h5-10,13,17H,4,11H2,1-3H3,(H,19,21). The Morgan fingerprint density at radius 1 is 1.43 bits per heavy atom. The minimum Gasteiger partial charge on any atom is -0.385 e. The highest BCUT2D eigenvalue weighted by Crippen LogP contribution is 2.17. The predicted molar refractivity (Wildman–Crippen MR) is 84.5 cm³/mol. The number of carbonyl (C=O) groups is 1. The summed E-state index contributed by atoms with van der Waals surface area (Å²) >= 11 is 0. The second-order valence-corrected chi connectivity index (χ2v) is 5.18. The summed E-state index contributed by atoms with van der Waals surface area (Å²) in [6.07, 6.45) is 3.62. The molecule has 2 rings (SSSR count). The molecule has 0 saturated heterocycles. The van der Waals surface area contributed by atoms with Crippen molar-refractivity contribution in [3.63, 3.8) is 0 Å². The second kappa shape index (κ2) is 6.92. The van der Waals surface area contributed by atoms with Crippen LogP contribution in [0.25, 0.3) is 0 Å². The molecule has 1 amide bonds. The molecule has 1 aromatic heterocycles. The molecule has 112 valence electrons. The number of nitrogens with one attached hydrogen (secondary N) is 2. The lowest BCUT2D eigenvalue weighted by Gasteiger charge is -2.16. The largest absolute Gasteiger partial charge is 0.385 e. The summed E-state index contributed by atoms with van der Waals surface area (Å²) < 4.78 is 1.81. The van der Waals surface area contributed by atoms with Crippen molar-refractivity contribution < 1.29 is 4.79 Å². The van der Waals surface area contributed by atoms with Crippen LogP contribution in [0.5, 0.6) is 0 Å². The van der Waals surface area contributed by atoms with Crippen LogP contribution in [-0.2, 0) is 6.54 Å². The Balaban J connectivity index is 2.07. The molecule has 2 N–H and O–H groups in total. The van der Waals surface area contributed by atoms with Gasteiger partial charge in [-0.3, -0.25) is 9.48 Å². The number of hydrogen-bond donors (Lipinski definition) is 2. The highest BCUT2D eigenvalue weighted by atomic mass is 16.1. The molecule has 1 aromatic carbocycles. The van der Waals surface area contributed by atoms with Crippen LogP contribution in [0.4, 0.5) is 5.69 Å². The lowest BCUT2D eigenvalue weighted by Crippen LogP contribution is -2.36. The van der Waals surface area contributed by atoms with Gasteiger partial charge in [-0.05, 0) is 39.0 Å². The fourth-order valence-corrected chi connectivity index (χ4v) is 2.23. The molecular formula is C16H22N4O. The van der Waals surface area contributed by atoms with Crippen LogP contribution in [0, 0.1) is 6.92 Å². The van der Waals surface area contributed by atoms with E-state index in [-0.39, 0.29) is 11.9 Å². The topological polar surface area (TPSA) is 59.0 Å². The summed E-state index contributed by atoms with van der Waals surface area (Å²) in [5, 5.41) is 10.4. The van der Waals surface area contributed by atoms with E-state index in [1.165, 1.54) is 0 Å². The highest BCUT2D eigenvalue weighted by molar-refractivity contribution is 6.00. The van der Waals surface area contributed by atoms with Gasteiger partial charge in [0, 0.05) is 30.7 Å². The maximum atomic E-state index is 12.5. The molecule has 0 aliphatic rings. The van der Waals surface area contributed by atoms with Crippen molar-refractivity contribution in [1.82, 2.24) is 15.1 Å². The van der Waals surface area contributed by atoms with Gasteiger partial charge in [-0.2, -0.15) is 5.10 Å². The van der Waals surface area contributed by atoms with Crippen LogP contribution in [0.1, 0.15) is 29.8 Å². The molecule has 0 radical (unpaired) electrons. The van der Waals surface area contributed by atoms with Crippen molar-refractivity contribution in [3.05, 3.63) is 47.8 Å². The van der Waals surface area contributed by atoms with Gasteiger partial charge in [0.25, 0.3) is 5.91 Å². The average molecular weight is 286 g/mol. The third-order valence-corrected chi connectivity index (χ3v) is 3.18. The van der Waals surface area contributed by atoms with Crippen LogP contribution < -0.4 is 10.6 Å². The summed E-state index contributed by atoms with van der Waals surface area (Å²) in [5.41, 5.74) is 2.62. The van der Waals surface area contributed by atoms with Crippen LogP contribution in [0.15, 0.2) is 36.7 Å². The Kier molecular flexibility index (Phi) is 4.98. The van der Waals surface area contributed by atoms with Gasteiger partial charge in [0.1, 0.15) is 0 Å². The fraction of sp³-hybridized carbons (Fsp3) is 0.375. The average Bonchev–Trinajstić information content (AvgIpc) is 2.93. The lowest BCUT2D eigenvalue weighted by molar-refractivity contribution is 0.0936. The van der Waals surface area contributed by atoms with E-state index in [0.29, 0.717) is 12.1 Å². The summed E-state index contributed by atoms with van der Waals surface area (Å²) in [6, 6.07) is 7.74.